The number of hydrogen-bond acceptors (Lipinski definition) is 4. The first kappa shape index (κ1) is 19.8. The minimum atomic E-state index is -3.16. The Bertz CT molecular complexity index is 1000. The first-order valence-electron chi connectivity index (χ1n) is 8.67. The highest BCUT2D eigenvalue weighted by molar-refractivity contribution is 7.91. The summed E-state index contributed by atoms with van der Waals surface area (Å²) in [7, 11) is -3.16. The van der Waals surface area contributed by atoms with Crippen molar-refractivity contribution in [3.8, 4) is 0 Å². The third kappa shape index (κ3) is 5.26. The van der Waals surface area contributed by atoms with Crippen molar-refractivity contribution in [1.29, 1.82) is 0 Å². The minimum absolute atomic E-state index is 0.0192. The molecule has 0 aromatic heterocycles. The van der Waals surface area contributed by atoms with Crippen molar-refractivity contribution in [1.82, 2.24) is 10.6 Å². The second kappa shape index (κ2) is 8.35. The molecule has 146 valence electrons. The summed E-state index contributed by atoms with van der Waals surface area (Å²) in [5.74, 6) is -1.62. The van der Waals surface area contributed by atoms with E-state index < -0.39 is 33.5 Å². The molecule has 2 aromatic rings. The average Bonchev–Trinajstić information content (AvgIpc) is 3.01. The summed E-state index contributed by atoms with van der Waals surface area (Å²) in [6, 6.07) is 13.3. The molecule has 2 N–H and O–H groups in total. The van der Waals surface area contributed by atoms with Crippen molar-refractivity contribution < 1.29 is 22.4 Å². The molecule has 0 radical (unpaired) electrons. The molecule has 0 bridgehead atoms. The van der Waals surface area contributed by atoms with Gasteiger partial charge in [0.15, 0.2) is 9.84 Å². The number of nitrogens with one attached hydrogen (secondary N) is 2. The lowest BCUT2D eigenvalue weighted by molar-refractivity contribution is -0.118. The average molecular weight is 402 g/mol. The van der Waals surface area contributed by atoms with Crippen LogP contribution < -0.4 is 10.6 Å². The van der Waals surface area contributed by atoms with Crippen LogP contribution in [0.2, 0.25) is 0 Å². The highest BCUT2D eigenvalue weighted by Crippen LogP contribution is 2.13. The molecule has 0 saturated carbocycles. The van der Waals surface area contributed by atoms with Crippen LogP contribution in [0.1, 0.15) is 22.3 Å². The van der Waals surface area contributed by atoms with Gasteiger partial charge in [0.05, 0.1) is 11.5 Å². The van der Waals surface area contributed by atoms with E-state index >= 15 is 0 Å². The zero-order valence-corrected chi connectivity index (χ0v) is 15.7. The summed E-state index contributed by atoms with van der Waals surface area (Å²) in [6.07, 6.45) is 1.74. The highest BCUT2D eigenvalue weighted by Gasteiger charge is 2.29. The number of benzene rings is 2. The molecular formula is C20H19FN2O4S. The van der Waals surface area contributed by atoms with E-state index in [1.54, 1.807) is 30.3 Å². The predicted molar refractivity (Wildman–Crippen MR) is 103 cm³/mol. The smallest absolute Gasteiger partial charge is 0.268 e. The van der Waals surface area contributed by atoms with Crippen LogP contribution in [0.5, 0.6) is 0 Å². The number of halogens is 1. The minimum Gasteiger partial charge on any atom is -0.347 e. The fraction of sp³-hybridized carbons (Fsp3) is 0.200. The Hall–Kier alpha value is -3.00. The Morgan fingerprint density at radius 3 is 2.32 bits per heavy atom. The van der Waals surface area contributed by atoms with Crippen molar-refractivity contribution in [2.75, 3.05) is 11.5 Å². The van der Waals surface area contributed by atoms with E-state index in [0.717, 1.165) is 0 Å². The lowest BCUT2D eigenvalue weighted by atomic mass is 10.1. The molecular weight excluding hydrogens is 383 g/mol. The monoisotopic (exact) mass is 402 g/mol. The summed E-state index contributed by atoms with van der Waals surface area (Å²) in [4.78, 5) is 25.1. The zero-order chi connectivity index (χ0) is 20.1. The predicted octanol–water partition coefficient (Wildman–Crippen LogP) is 1.90. The van der Waals surface area contributed by atoms with E-state index in [2.05, 4.69) is 10.6 Å². The molecule has 2 amide bonds. The molecule has 0 unspecified atom stereocenters. The second-order valence-corrected chi connectivity index (χ2v) is 8.73. The Balaban J connectivity index is 1.82. The van der Waals surface area contributed by atoms with Gasteiger partial charge in [-0.05, 0) is 42.3 Å². The third-order valence-electron chi connectivity index (χ3n) is 4.28. The van der Waals surface area contributed by atoms with Crippen LogP contribution in [0.25, 0.3) is 6.08 Å². The normalized spacial score (nSPS) is 18.5. The van der Waals surface area contributed by atoms with E-state index in [-0.39, 0.29) is 17.2 Å². The topological polar surface area (TPSA) is 92.3 Å². The first-order chi connectivity index (χ1) is 13.3. The maximum absolute atomic E-state index is 13.1. The van der Waals surface area contributed by atoms with E-state index in [9.17, 15) is 22.4 Å². The van der Waals surface area contributed by atoms with E-state index in [1.165, 1.54) is 30.3 Å². The highest BCUT2D eigenvalue weighted by atomic mass is 32.2. The van der Waals surface area contributed by atoms with Crippen LogP contribution in [0.4, 0.5) is 4.39 Å². The Morgan fingerprint density at radius 1 is 1.04 bits per heavy atom. The van der Waals surface area contributed by atoms with Crippen molar-refractivity contribution in [2.24, 2.45) is 0 Å². The van der Waals surface area contributed by atoms with Gasteiger partial charge in [-0.1, -0.05) is 30.3 Å². The maximum Gasteiger partial charge on any atom is 0.268 e. The molecule has 1 aliphatic rings. The van der Waals surface area contributed by atoms with E-state index in [4.69, 9.17) is 0 Å². The van der Waals surface area contributed by atoms with Crippen LogP contribution in [-0.4, -0.2) is 37.8 Å². The number of rotatable bonds is 5. The summed E-state index contributed by atoms with van der Waals surface area (Å²) >= 11 is 0. The largest absolute Gasteiger partial charge is 0.347 e. The summed E-state index contributed by atoms with van der Waals surface area (Å²) in [5, 5.41) is 5.21. The van der Waals surface area contributed by atoms with Crippen LogP contribution in [0.3, 0.4) is 0 Å². The van der Waals surface area contributed by atoms with Crippen LogP contribution in [0, 0.1) is 5.82 Å². The standard InChI is InChI=1S/C20H19FN2O4S/c21-16-8-6-14(7-9-16)12-18(23-19(24)15-4-2-1-3-5-15)20(25)22-17-10-11-28(26,27)13-17/h1-9,12,17H,10-11,13H2,(H,22,25)(H,23,24)/b18-12+/t17-/m1/s1. The molecule has 1 fully saturated rings. The zero-order valence-electron chi connectivity index (χ0n) is 14.9. The van der Waals surface area contributed by atoms with Gasteiger partial charge < -0.3 is 10.6 Å². The van der Waals surface area contributed by atoms with Gasteiger partial charge in [0.1, 0.15) is 11.5 Å². The second-order valence-electron chi connectivity index (χ2n) is 6.50. The van der Waals surface area contributed by atoms with Gasteiger partial charge in [-0.2, -0.15) is 0 Å². The molecule has 3 rings (SSSR count). The fourth-order valence-corrected chi connectivity index (χ4v) is 4.51. The number of sulfone groups is 1. The third-order valence-corrected chi connectivity index (χ3v) is 6.05. The number of carbonyl (C=O) groups excluding carboxylic acids is 2. The quantitative estimate of drug-likeness (QED) is 0.747. The molecule has 1 heterocycles. The molecule has 1 aliphatic heterocycles. The molecule has 28 heavy (non-hydrogen) atoms. The maximum atomic E-state index is 13.1. The van der Waals surface area contributed by atoms with E-state index in [0.29, 0.717) is 17.5 Å². The molecule has 6 nitrogen and oxygen atoms in total. The molecule has 2 aromatic carbocycles. The van der Waals surface area contributed by atoms with Gasteiger partial charge in [0, 0.05) is 11.6 Å². The molecule has 1 saturated heterocycles. The fourth-order valence-electron chi connectivity index (χ4n) is 2.84. The molecule has 8 heteroatoms. The summed E-state index contributed by atoms with van der Waals surface area (Å²) < 4.78 is 36.3. The molecule has 0 spiro atoms. The van der Waals surface area contributed by atoms with Gasteiger partial charge >= 0.3 is 0 Å². The van der Waals surface area contributed by atoms with Crippen LogP contribution in [0.15, 0.2) is 60.3 Å². The van der Waals surface area contributed by atoms with Gasteiger partial charge in [-0.15, -0.1) is 0 Å². The summed E-state index contributed by atoms with van der Waals surface area (Å²) in [6.45, 7) is 0. The van der Waals surface area contributed by atoms with Crippen molar-refractivity contribution in [2.45, 2.75) is 12.5 Å². The van der Waals surface area contributed by atoms with Crippen LogP contribution in [-0.2, 0) is 14.6 Å². The van der Waals surface area contributed by atoms with Gasteiger partial charge in [0.2, 0.25) is 0 Å². The molecule has 1 atom stereocenters. The number of carbonyl (C=O) groups is 2. The van der Waals surface area contributed by atoms with Gasteiger partial charge in [0.25, 0.3) is 11.8 Å². The molecule has 0 aliphatic carbocycles. The van der Waals surface area contributed by atoms with Crippen molar-refractivity contribution >= 4 is 27.7 Å². The van der Waals surface area contributed by atoms with E-state index in [1.807, 2.05) is 0 Å². The lowest BCUT2D eigenvalue weighted by Crippen LogP contribution is -2.41. The number of amides is 2. The summed E-state index contributed by atoms with van der Waals surface area (Å²) in [5.41, 5.74) is 0.826. The Labute approximate surface area is 162 Å². The SMILES string of the molecule is O=C(N[C@@H]1CCS(=O)(=O)C1)/C(=C\c1ccc(F)cc1)NC(=O)c1ccccc1. The van der Waals surface area contributed by atoms with Gasteiger partial charge in [-0.3, -0.25) is 9.59 Å². The number of hydrogen-bond donors (Lipinski definition) is 2. The van der Waals surface area contributed by atoms with Crippen molar-refractivity contribution in [3.05, 3.63) is 77.2 Å². The van der Waals surface area contributed by atoms with Gasteiger partial charge in [-0.25, -0.2) is 12.8 Å². The van der Waals surface area contributed by atoms with Crippen molar-refractivity contribution in [3.63, 3.8) is 0 Å². The Kier molecular flexibility index (Phi) is 5.89. The Morgan fingerprint density at radius 2 is 1.71 bits per heavy atom. The first-order valence-corrected chi connectivity index (χ1v) is 10.5. The lowest BCUT2D eigenvalue weighted by Gasteiger charge is -2.14. The van der Waals surface area contributed by atoms with Crippen LogP contribution >= 0.6 is 0 Å².